The minimum atomic E-state index is -0.392. The van der Waals surface area contributed by atoms with Crippen molar-refractivity contribution < 1.29 is 10.2 Å². The zero-order chi connectivity index (χ0) is 20.5. The van der Waals surface area contributed by atoms with E-state index in [1.165, 1.54) is 24.3 Å². The van der Waals surface area contributed by atoms with Gasteiger partial charge in [0.2, 0.25) is 0 Å². The summed E-state index contributed by atoms with van der Waals surface area (Å²) in [7, 11) is 0. The first-order valence-electron chi connectivity index (χ1n) is 7.62. The first kappa shape index (κ1) is 19.2. The molecule has 0 unspecified atom stereocenters. The van der Waals surface area contributed by atoms with Gasteiger partial charge in [-0.25, -0.2) is 0 Å². The Bertz CT molecular complexity index is 847. The fourth-order valence-electron chi connectivity index (χ4n) is 2.65. The Labute approximate surface area is 154 Å². The number of amidine groups is 4. The summed E-state index contributed by atoms with van der Waals surface area (Å²) >= 11 is 0. The Morgan fingerprint density at radius 1 is 0.593 bits per heavy atom. The molecule has 0 aliphatic rings. The van der Waals surface area contributed by atoms with E-state index in [1.807, 2.05) is 0 Å². The van der Waals surface area contributed by atoms with Crippen LogP contribution in [-0.4, -0.2) is 33.6 Å². The lowest BCUT2D eigenvalue weighted by Gasteiger charge is -2.14. The number of hydrogen-bond acceptors (Lipinski definition) is 6. The normalized spacial score (nSPS) is 10.4. The molecule has 0 amide bonds. The van der Waals surface area contributed by atoms with Gasteiger partial charge in [0.1, 0.15) is 34.8 Å². The maximum absolute atomic E-state index is 10.1. The van der Waals surface area contributed by atoms with Crippen molar-refractivity contribution in [3.63, 3.8) is 0 Å². The maximum Gasteiger partial charge on any atom is 0.137 e. The van der Waals surface area contributed by atoms with Gasteiger partial charge in [0.25, 0.3) is 0 Å². The first-order chi connectivity index (χ1) is 12.5. The average molecular weight is 368 g/mol. The average Bonchev–Trinajstić information content (AvgIpc) is 2.56. The number of nitrogens with one attached hydrogen (secondary N) is 4. The standard InChI is InChI=1S/C17H20N8O2/c18-14(19)8-2-6(3-9(12(8)26)15(20)21)1-7-4-10(16(22)23)13(27)11(5-7)17(24)25/h2-5,26-27H,1H2,(H3,18,19)(H3,20,21)(H3,22,23)(H3,24,25). The van der Waals surface area contributed by atoms with Crippen molar-refractivity contribution in [3.8, 4) is 11.5 Å². The molecule has 10 heteroatoms. The predicted molar refractivity (Wildman–Crippen MR) is 103 cm³/mol. The number of phenols is 2. The number of nitrogens with two attached hydrogens (primary N) is 4. The number of rotatable bonds is 6. The lowest BCUT2D eigenvalue weighted by molar-refractivity contribution is 0.472. The zero-order valence-corrected chi connectivity index (χ0v) is 14.2. The molecule has 0 aliphatic carbocycles. The molecule has 0 atom stereocenters. The van der Waals surface area contributed by atoms with Gasteiger partial charge in [-0.05, 0) is 41.8 Å². The highest BCUT2D eigenvalue weighted by atomic mass is 16.3. The van der Waals surface area contributed by atoms with Gasteiger partial charge < -0.3 is 33.1 Å². The van der Waals surface area contributed by atoms with Gasteiger partial charge in [-0.3, -0.25) is 21.6 Å². The Morgan fingerprint density at radius 2 is 0.815 bits per heavy atom. The van der Waals surface area contributed by atoms with Crippen molar-refractivity contribution in [2.24, 2.45) is 22.9 Å². The second-order valence-electron chi connectivity index (χ2n) is 5.91. The smallest absolute Gasteiger partial charge is 0.137 e. The van der Waals surface area contributed by atoms with Crippen molar-refractivity contribution in [3.05, 3.63) is 57.6 Å². The molecule has 0 aliphatic heterocycles. The van der Waals surface area contributed by atoms with Crippen molar-refractivity contribution in [2.75, 3.05) is 0 Å². The van der Waals surface area contributed by atoms with E-state index in [2.05, 4.69) is 0 Å². The molecule has 0 fully saturated rings. The summed E-state index contributed by atoms with van der Waals surface area (Å²) < 4.78 is 0. The third-order valence-corrected chi connectivity index (χ3v) is 3.91. The summed E-state index contributed by atoms with van der Waals surface area (Å²) in [5.41, 5.74) is 23.1. The van der Waals surface area contributed by atoms with Crippen molar-refractivity contribution in [1.82, 2.24) is 0 Å². The summed E-state index contributed by atoms with van der Waals surface area (Å²) in [5.74, 6) is -2.29. The molecule has 10 nitrogen and oxygen atoms in total. The van der Waals surface area contributed by atoms with E-state index >= 15 is 0 Å². The number of benzene rings is 2. The summed E-state index contributed by atoms with van der Waals surface area (Å²) in [6.45, 7) is 0. The van der Waals surface area contributed by atoms with Crippen molar-refractivity contribution in [1.29, 1.82) is 21.6 Å². The van der Waals surface area contributed by atoms with E-state index in [-0.39, 0.29) is 40.2 Å². The summed E-state index contributed by atoms with van der Waals surface area (Å²) in [4.78, 5) is 0. The number of hydrogen-bond donors (Lipinski definition) is 10. The highest BCUT2D eigenvalue weighted by Crippen LogP contribution is 2.28. The lowest BCUT2D eigenvalue weighted by Crippen LogP contribution is -2.18. The molecule has 0 radical (unpaired) electrons. The first-order valence-corrected chi connectivity index (χ1v) is 7.62. The number of aromatic hydroxyl groups is 2. The van der Waals surface area contributed by atoms with Crippen LogP contribution in [0.25, 0.3) is 0 Å². The van der Waals surface area contributed by atoms with Gasteiger partial charge in [0.15, 0.2) is 0 Å². The molecule has 0 saturated carbocycles. The summed E-state index contributed by atoms with van der Waals surface area (Å²) in [5, 5.41) is 50.6. The Morgan fingerprint density at radius 3 is 1.00 bits per heavy atom. The summed E-state index contributed by atoms with van der Waals surface area (Å²) in [6.07, 6.45) is 0.196. The zero-order valence-electron chi connectivity index (χ0n) is 14.2. The second-order valence-corrected chi connectivity index (χ2v) is 5.91. The molecule has 2 aromatic carbocycles. The van der Waals surface area contributed by atoms with E-state index < -0.39 is 23.3 Å². The van der Waals surface area contributed by atoms with Gasteiger partial charge in [0.05, 0.1) is 22.3 Å². The molecule has 14 N–H and O–H groups in total. The van der Waals surface area contributed by atoms with Crippen LogP contribution in [0.1, 0.15) is 33.4 Å². The summed E-state index contributed by atoms with van der Waals surface area (Å²) in [6, 6.07) is 5.88. The Hall–Kier alpha value is -4.08. The molecule has 27 heavy (non-hydrogen) atoms. The topological polar surface area (TPSA) is 240 Å². The van der Waals surface area contributed by atoms with Crippen LogP contribution in [0.3, 0.4) is 0 Å². The molecule has 0 aromatic heterocycles. The predicted octanol–water partition coefficient (Wildman–Crippen LogP) is -0.175. The molecular weight excluding hydrogens is 348 g/mol. The van der Waals surface area contributed by atoms with E-state index in [1.54, 1.807) is 0 Å². The molecule has 0 heterocycles. The maximum atomic E-state index is 10.1. The van der Waals surface area contributed by atoms with Gasteiger partial charge in [-0.1, -0.05) is 0 Å². The second kappa shape index (κ2) is 7.04. The third kappa shape index (κ3) is 3.79. The van der Waals surface area contributed by atoms with E-state index in [0.29, 0.717) is 11.1 Å². The van der Waals surface area contributed by atoms with Crippen molar-refractivity contribution in [2.45, 2.75) is 6.42 Å². The molecule has 0 spiro atoms. The van der Waals surface area contributed by atoms with Gasteiger partial charge in [-0.15, -0.1) is 0 Å². The Kier molecular flexibility index (Phi) is 5.02. The van der Waals surface area contributed by atoms with Gasteiger partial charge in [-0.2, -0.15) is 0 Å². The minimum Gasteiger partial charge on any atom is -0.506 e. The molecule has 0 saturated heterocycles. The van der Waals surface area contributed by atoms with E-state index in [0.717, 1.165) is 0 Å². The Balaban J connectivity index is 2.63. The van der Waals surface area contributed by atoms with E-state index in [4.69, 9.17) is 44.6 Å². The van der Waals surface area contributed by atoms with Crippen LogP contribution in [0.4, 0.5) is 0 Å². The lowest BCUT2D eigenvalue weighted by atomic mass is 9.94. The molecule has 2 rings (SSSR count). The highest BCUT2D eigenvalue weighted by Gasteiger charge is 2.17. The van der Waals surface area contributed by atoms with Crippen LogP contribution in [0, 0.1) is 21.6 Å². The molecular formula is C17H20N8O2. The van der Waals surface area contributed by atoms with Crippen LogP contribution < -0.4 is 22.9 Å². The molecule has 0 bridgehead atoms. The van der Waals surface area contributed by atoms with Crippen molar-refractivity contribution >= 4 is 23.3 Å². The fourth-order valence-corrected chi connectivity index (χ4v) is 2.65. The third-order valence-electron chi connectivity index (χ3n) is 3.91. The fraction of sp³-hybridized carbons (Fsp3) is 0.0588. The van der Waals surface area contributed by atoms with Crippen LogP contribution >= 0.6 is 0 Å². The van der Waals surface area contributed by atoms with Crippen LogP contribution in [0.2, 0.25) is 0 Å². The van der Waals surface area contributed by atoms with Gasteiger partial charge >= 0.3 is 0 Å². The SMILES string of the molecule is N=C(N)c1cc(Cc2cc(C(=N)N)c(O)c(C(=N)N)c2)cc(C(=N)N)c1O. The van der Waals surface area contributed by atoms with Crippen LogP contribution in [-0.2, 0) is 6.42 Å². The van der Waals surface area contributed by atoms with E-state index in [9.17, 15) is 10.2 Å². The quantitative estimate of drug-likeness (QED) is 0.245. The largest absolute Gasteiger partial charge is 0.506 e. The number of phenolic OH excluding ortho intramolecular Hbond substituents is 2. The number of nitrogen functional groups attached to an aromatic ring is 4. The van der Waals surface area contributed by atoms with Crippen LogP contribution in [0.5, 0.6) is 11.5 Å². The monoisotopic (exact) mass is 368 g/mol. The van der Waals surface area contributed by atoms with Crippen LogP contribution in [0.15, 0.2) is 24.3 Å². The molecule has 140 valence electrons. The minimum absolute atomic E-state index is 0.0232. The highest BCUT2D eigenvalue weighted by molar-refractivity contribution is 6.06. The molecule has 2 aromatic rings. The van der Waals surface area contributed by atoms with Gasteiger partial charge in [0, 0.05) is 0 Å².